The van der Waals surface area contributed by atoms with E-state index in [1.54, 1.807) is 0 Å². The third-order valence-corrected chi connectivity index (χ3v) is 3.71. The quantitative estimate of drug-likeness (QED) is 0.821. The number of amides is 2. The highest BCUT2D eigenvalue weighted by Crippen LogP contribution is 2.19. The van der Waals surface area contributed by atoms with Crippen LogP contribution in [-0.2, 0) is 6.42 Å². The summed E-state index contributed by atoms with van der Waals surface area (Å²) in [4.78, 5) is 14.2. The molecule has 112 valence electrons. The highest BCUT2D eigenvalue weighted by atomic mass is 16.2. The summed E-state index contributed by atoms with van der Waals surface area (Å²) in [6, 6.07) is 5.88. The summed E-state index contributed by atoms with van der Waals surface area (Å²) in [6.45, 7) is 4.14. The second kappa shape index (κ2) is 7.70. The Bertz CT molecular complexity index is 551. The standard InChI is InChI=1S/C17H23N3O/c1-2-15-13-14(7-6-10-18)8-9-16(15)19-17(21)20-11-4-3-5-12-20/h8-9,13H,2-5,10-12,18H2,1H3,(H,19,21). The molecular formula is C17H23N3O. The number of aryl methyl sites for hydroxylation is 1. The summed E-state index contributed by atoms with van der Waals surface area (Å²) in [5, 5.41) is 3.03. The number of carbonyl (C=O) groups excluding carboxylic acids is 1. The molecule has 1 aliphatic rings. The number of piperidine rings is 1. The maximum Gasteiger partial charge on any atom is 0.321 e. The van der Waals surface area contributed by atoms with Gasteiger partial charge in [0.2, 0.25) is 0 Å². The number of nitrogens with zero attached hydrogens (tertiary/aromatic N) is 1. The van der Waals surface area contributed by atoms with Crippen LogP contribution in [0.3, 0.4) is 0 Å². The van der Waals surface area contributed by atoms with E-state index in [-0.39, 0.29) is 6.03 Å². The van der Waals surface area contributed by atoms with Crippen LogP contribution in [0.4, 0.5) is 10.5 Å². The minimum absolute atomic E-state index is 0.00481. The van der Waals surface area contributed by atoms with Crippen molar-refractivity contribution >= 4 is 11.7 Å². The lowest BCUT2D eigenvalue weighted by molar-refractivity contribution is 0.200. The molecule has 1 aromatic carbocycles. The third-order valence-electron chi connectivity index (χ3n) is 3.71. The number of benzene rings is 1. The van der Waals surface area contributed by atoms with Crippen LogP contribution in [0.5, 0.6) is 0 Å². The number of nitrogens with two attached hydrogens (primary N) is 1. The summed E-state index contributed by atoms with van der Waals surface area (Å²) < 4.78 is 0. The molecule has 0 bridgehead atoms. The molecule has 1 aliphatic heterocycles. The van der Waals surface area contributed by atoms with Gasteiger partial charge in [0.25, 0.3) is 0 Å². The van der Waals surface area contributed by atoms with Crippen molar-refractivity contribution < 1.29 is 4.79 Å². The normalized spacial score (nSPS) is 14.3. The minimum atomic E-state index is 0.00481. The van der Waals surface area contributed by atoms with Gasteiger partial charge in [-0.3, -0.25) is 0 Å². The monoisotopic (exact) mass is 285 g/mol. The van der Waals surface area contributed by atoms with Gasteiger partial charge in [-0.05, 0) is 49.4 Å². The largest absolute Gasteiger partial charge is 0.325 e. The fourth-order valence-electron chi connectivity index (χ4n) is 2.53. The molecule has 1 fully saturated rings. The number of hydrogen-bond acceptors (Lipinski definition) is 2. The van der Waals surface area contributed by atoms with E-state index in [0.717, 1.165) is 49.2 Å². The summed E-state index contributed by atoms with van der Waals surface area (Å²) in [5.41, 5.74) is 8.31. The van der Waals surface area contributed by atoms with Crippen LogP contribution in [0.2, 0.25) is 0 Å². The van der Waals surface area contributed by atoms with Gasteiger partial charge in [0.1, 0.15) is 0 Å². The van der Waals surface area contributed by atoms with E-state index >= 15 is 0 Å². The maximum atomic E-state index is 12.3. The number of likely N-dealkylation sites (tertiary alicyclic amines) is 1. The Morgan fingerprint density at radius 1 is 1.33 bits per heavy atom. The lowest BCUT2D eigenvalue weighted by atomic mass is 10.1. The molecule has 1 heterocycles. The molecule has 0 aliphatic carbocycles. The average Bonchev–Trinajstić information content (AvgIpc) is 2.54. The van der Waals surface area contributed by atoms with Crippen LogP contribution >= 0.6 is 0 Å². The Balaban J connectivity index is 2.09. The van der Waals surface area contributed by atoms with Crippen molar-refractivity contribution in [3.8, 4) is 11.8 Å². The fourth-order valence-corrected chi connectivity index (χ4v) is 2.53. The molecule has 0 unspecified atom stereocenters. The Hall–Kier alpha value is -1.99. The van der Waals surface area contributed by atoms with E-state index in [1.807, 2.05) is 23.1 Å². The zero-order valence-electron chi connectivity index (χ0n) is 12.6. The predicted octanol–water partition coefficient (Wildman–Crippen LogP) is 2.58. The average molecular weight is 285 g/mol. The first kappa shape index (κ1) is 15.4. The second-order valence-corrected chi connectivity index (χ2v) is 5.21. The Morgan fingerprint density at radius 3 is 2.76 bits per heavy atom. The first-order valence-corrected chi connectivity index (χ1v) is 7.62. The van der Waals surface area contributed by atoms with Crippen molar-refractivity contribution in [3.63, 3.8) is 0 Å². The van der Waals surface area contributed by atoms with Gasteiger partial charge in [-0.25, -0.2) is 4.79 Å². The van der Waals surface area contributed by atoms with Crippen LogP contribution in [0.1, 0.15) is 37.3 Å². The lowest BCUT2D eigenvalue weighted by Crippen LogP contribution is -2.38. The highest BCUT2D eigenvalue weighted by Gasteiger charge is 2.17. The molecule has 4 heteroatoms. The fraction of sp³-hybridized carbons (Fsp3) is 0.471. The number of nitrogens with one attached hydrogen (secondary N) is 1. The van der Waals surface area contributed by atoms with Crippen LogP contribution < -0.4 is 11.1 Å². The number of rotatable bonds is 2. The number of urea groups is 1. The Morgan fingerprint density at radius 2 is 2.10 bits per heavy atom. The Kier molecular flexibility index (Phi) is 5.65. The molecule has 0 saturated carbocycles. The van der Waals surface area contributed by atoms with Crippen molar-refractivity contribution in [2.75, 3.05) is 25.0 Å². The minimum Gasteiger partial charge on any atom is -0.325 e. The molecule has 21 heavy (non-hydrogen) atoms. The van der Waals surface area contributed by atoms with Gasteiger partial charge in [0.05, 0.1) is 6.54 Å². The van der Waals surface area contributed by atoms with Crippen molar-refractivity contribution in [2.24, 2.45) is 5.73 Å². The second-order valence-electron chi connectivity index (χ2n) is 5.21. The maximum absolute atomic E-state index is 12.3. The van der Waals surface area contributed by atoms with Crippen LogP contribution in [-0.4, -0.2) is 30.6 Å². The van der Waals surface area contributed by atoms with Crippen molar-refractivity contribution in [2.45, 2.75) is 32.6 Å². The van der Waals surface area contributed by atoms with Gasteiger partial charge < -0.3 is 16.0 Å². The molecular weight excluding hydrogens is 262 g/mol. The molecule has 2 amide bonds. The molecule has 0 aromatic heterocycles. The van der Waals surface area contributed by atoms with E-state index in [4.69, 9.17) is 5.73 Å². The Labute approximate surface area is 126 Å². The van der Waals surface area contributed by atoms with Gasteiger partial charge >= 0.3 is 6.03 Å². The van der Waals surface area contributed by atoms with E-state index in [1.165, 1.54) is 6.42 Å². The van der Waals surface area contributed by atoms with E-state index in [0.29, 0.717) is 6.54 Å². The number of anilines is 1. The van der Waals surface area contributed by atoms with Gasteiger partial charge in [0, 0.05) is 24.3 Å². The van der Waals surface area contributed by atoms with Crippen molar-refractivity contribution in [1.82, 2.24) is 4.90 Å². The van der Waals surface area contributed by atoms with E-state index < -0.39 is 0 Å². The number of carbonyl (C=O) groups is 1. The molecule has 0 radical (unpaired) electrons. The molecule has 1 saturated heterocycles. The van der Waals surface area contributed by atoms with Crippen molar-refractivity contribution in [3.05, 3.63) is 29.3 Å². The molecule has 0 atom stereocenters. The zero-order valence-corrected chi connectivity index (χ0v) is 12.6. The topological polar surface area (TPSA) is 58.4 Å². The zero-order chi connectivity index (χ0) is 15.1. The van der Waals surface area contributed by atoms with Gasteiger partial charge in [-0.1, -0.05) is 18.8 Å². The first-order valence-electron chi connectivity index (χ1n) is 7.62. The van der Waals surface area contributed by atoms with Crippen molar-refractivity contribution in [1.29, 1.82) is 0 Å². The highest BCUT2D eigenvalue weighted by molar-refractivity contribution is 5.90. The van der Waals surface area contributed by atoms with Crippen LogP contribution in [0, 0.1) is 11.8 Å². The third kappa shape index (κ3) is 4.24. The summed E-state index contributed by atoms with van der Waals surface area (Å²) >= 11 is 0. The lowest BCUT2D eigenvalue weighted by Gasteiger charge is -2.27. The first-order chi connectivity index (χ1) is 10.2. The van der Waals surface area contributed by atoms with Gasteiger partial charge in [-0.2, -0.15) is 0 Å². The van der Waals surface area contributed by atoms with Gasteiger partial charge in [-0.15, -0.1) is 0 Å². The molecule has 2 rings (SSSR count). The summed E-state index contributed by atoms with van der Waals surface area (Å²) in [7, 11) is 0. The predicted molar refractivity (Wildman–Crippen MR) is 86.2 cm³/mol. The molecule has 1 aromatic rings. The van der Waals surface area contributed by atoms with Crippen LogP contribution in [0.15, 0.2) is 18.2 Å². The summed E-state index contributed by atoms with van der Waals surface area (Å²) in [5.74, 6) is 5.87. The van der Waals surface area contributed by atoms with Gasteiger partial charge in [0.15, 0.2) is 0 Å². The summed E-state index contributed by atoms with van der Waals surface area (Å²) in [6.07, 6.45) is 4.27. The molecule has 3 N–H and O–H groups in total. The van der Waals surface area contributed by atoms with E-state index in [9.17, 15) is 4.79 Å². The van der Waals surface area contributed by atoms with E-state index in [2.05, 4.69) is 24.1 Å². The smallest absolute Gasteiger partial charge is 0.321 e. The number of hydrogen-bond donors (Lipinski definition) is 2. The molecule has 0 spiro atoms. The SMILES string of the molecule is CCc1cc(C#CCN)ccc1NC(=O)N1CCCCC1. The molecule has 4 nitrogen and oxygen atoms in total. The van der Waals surface area contributed by atoms with Crippen LogP contribution in [0.25, 0.3) is 0 Å².